The molecule has 0 bridgehead atoms. The lowest BCUT2D eigenvalue weighted by Crippen LogP contribution is -2.39. The van der Waals surface area contributed by atoms with Gasteiger partial charge in [0, 0.05) is 6.04 Å². The molecule has 1 rings (SSSR count). The SMILES string of the molecule is CSCOc1cc(CC(CC(N)C(O)CC(C)C(=O)O)C(C)C)ccc1C(C)(C)C. The van der Waals surface area contributed by atoms with Crippen LogP contribution in [0, 0.1) is 17.8 Å². The second kappa shape index (κ2) is 12.0. The zero-order valence-electron chi connectivity index (χ0n) is 19.6. The highest BCUT2D eigenvalue weighted by Crippen LogP contribution is 2.34. The number of rotatable bonds is 12. The summed E-state index contributed by atoms with van der Waals surface area (Å²) in [6.45, 7) is 12.5. The molecule has 0 amide bonds. The number of aliphatic carboxylic acids is 1. The van der Waals surface area contributed by atoms with Gasteiger partial charge < -0.3 is 20.7 Å². The van der Waals surface area contributed by atoms with E-state index in [0.717, 1.165) is 12.2 Å². The van der Waals surface area contributed by atoms with Crippen molar-refractivity contribution in [2.75, 3.05) is 12.2 Å². The first-order chi connectivity index (χ1) is 13.9. The van der Waals surface area contributed by atoms with Crippen LogP contribution in [0.15, 0.2) is 18.2 Å². The lowest BCUT2D eigenvalue weighted by atomic mass is 9.81. The first kappa shape index (κ1) is 26.8. The van der Waals surface area contributed by atoms with Crippen LogP contribution in [0.2, 0.25) is 0 Å². The van der Waals surface area contributed by atoms with E-state index in [0.29, 0.717) is 18.3 Å². The molecule has 0 radical (unpaired) electrons. The summed E-state index contributed by atoms with van der Waals surface area (Å²) in [6, 6.07) is 6.02. The van der Waals surface area contributed by atoms with Crippen molar-refractivity contribution in [3.8, 4) is 5.75 Å². The predicted octanol–water partition coefficient (Wildman–Crippen LogP) is 4.69. The van der Waals surface area contributed by atoms with Gasteiger partial charge in [0.25, 0.3) is 0 Å². The van der Waals surface area contributed by atoms with Gasteiger partial charge in [-0.3, -0.25) is 4.79 Å². The van der Waals surface area contributed by atoms with Gasteiger partial charge in [0.2, 0.25) is 0 Å². The molecule has 4 atom stereocenters. The predicted molar refractivity (Wildman–Crippen MR) is 126 cm³/mol. The lowest BCUT2D eigenvalue weighted by Gasteiger charge is -2.28. The van der Waals surface area contributed by atoms with Gasteiger partial charge >= 0.3 is 5.97 Å². The van der Waals surface area contributed by atoms with E-state index in [1.54, 1.807) is 18.7 Å². The Morgan fingerprint density at radius 1 is 1.20 bits per heavy atom. The molecule has 0 saturated heterocycles. The Labute approximate surface area is 186 Å². The van der Waals surface area contributed by atoms with Crippen LogP contribution >= 0.6 is 11.8 Å². The van der Waals surface area contributed by atoms with Gasteiger partial charge in [-0.15, -0.1) is 11.8 Å². The summed E-state index contributed by atoms with van der Waals surface area (Å²) in [5.41, 5.74) is 8.65. The minimum absolute atomic E-state index is 0.00296. The molecule has 1 aromatic carbocycles. The van der Waals surface area contributed by atoms with Crippen LogP contribution in [-0.2, 0) is 16.6 Å². The van der Waals surface area contributed by atoms with Crippen LogP contribution in [0.25, 0.3) is 0 Å². The molecular formula is C24H41NO4S. The van der Waals surface area contributed by atoms with Crippen molar-refractivity contribution in [3.63, 3.8) is 0 Å². The third-order valence-electron chi connectivity index (χ3n) is 5.71. The van der Waals surface area contributed by atoms with Crippen LogP contribution in [0.1, 0.15) is 65.5 Å². The number of carbonyl (C=O) groups is 1. The van der Waals surface area contributed by atoms with E-state index >= 15 is 0 Å². The van der Waals surface area contributed by atoms with Crippen molar-refractivity contribution in [2.24, 2.45) is 23.5 Å². The third kappa shape index (κ3) is 8.48. The van der Waals surface area contributed by atoms with Crippen LogP contribution in [0.3, 0.4) is 0 Å². The molecule has 172 valence electrons. The average Bonchev–Trinajstić information content (AvgIpc) is 2.64. The highest BCUT2D eigenvalue weighted by atomic mass is 32.2. The molecule has 0 aliphatic heterocycles. The number of ether oxygens (including phenoxy) is 1. The minimum atomic E-state index is -0.904. The number of aliphatic hydroxyl groups is 1. The number of carboxylic acids is 1. The van der Waals surface area contributed by atoms with Crippen molar-refractivity contribution < 1.29 is 19.7 Å². The maximum absolute atomic E-state index is 11.1. The molecule has 30 heavy (non-hydrogen) atoms. The largest absolute Gasteiger partial charge is 0.483 e. The number of hydrogen-bond donors (Lipinski definition) is 3. The van der Waals surface area contributed by atoms with Crippen molar-refractivity contribution in [2.45, 2.75) is 78.4 Å². The first-order valence-electron chi connectivity index (χ1n) is 10.8. The maximum Gasteiger partial charge on any atom is 0.306 e. The molecule has 6 heteroatoms. The Hall–Kier alpha value is -1.24. The summed E-state index contributed by atoms with van der Waals surface area (Å²) in [7, 11) is 0. The number of aliphatic hydroxyl groups excluding tert-OH is 1. The lowest BCUT2D eigenvalue weighted by molar-refractivity contribution is -0.142. The topological polar surface area (TPSA) is 92.8 Å². The Morgan fingerprint density at radius 2 is 1.83 bits per heavy atom. The molecule has 0 saturated carbocycles. The van der Waals surface area contributed by atoms with E-state index in [1.807, 2.05) is 6.26 Å². The molecule has 0 spiro atoms. The summed E-state index contributed by atoms with van der Waals surface area (Å²) >= 11 is 1.65. The van der Waals surface area contributed by atoms with Crippen LogP contribution in [0.4, 0.5) is 0 Å². The number of nitrogens with two attached hydrogens (primary N) is 1. The van der Waals surface area contributed by atoms with E-state index in [2.05, 4.69) is 52.8 Å². The Morgan fingerprint density at radius 3 is 2.33 bits per heavy atom. The molecule has 0 aromatic heterocycles. The molecular weight excluding hydrogens is 398 g/mol. The molecule has 0 aliphatic rings. The minimum Gasteiger partial charge on any atom is -0.483 e. The number of hydrogen-bond acceptors (Lipinski definition) is 5. The summed E-state index contributed by atoms with van der Waals surface area (Å²) in [5.74, 6) is 0.694. The molecule has 4 unspecified atom stereocenters. The highest BCUT2D eigenvalue weighted by molar-refractivity contribution is 7.98. The number of thioether (sulfide) groups is 1. The number of carboxylic acid groups (broad SMARTS) is 1. The standard InChI is InChI=1S/C24H41NO4S/c1-15(2)18(13-20(25)21(26)10-16(3)23(27)28)11-17-8-9-19(24(4,5)6)22(12-17)29-14-30-7/h8-9,12,15-16,18,20-21,26H,10-11,13-14,25H2,1-7H3,(H,27,28). The van der Waals surface area contributed by atoms with E-state index in [9.17, 15) is 9.90 Å². The summed E-state index contributed by atoms with van der Waals surface area (Å²) in [5, 5.41) is 19.5. The molecule has 0 heterocycles. The van der Waals surface area contributed by atoms with Gasteiger partial charge in [-0.1, -0.05) is 53.7 Å². The Kier molecular flexibility index (Phi) is 10.7. The van der Waals surface area contributed by atoms with Crippen molar-refractivity contribution in [3.05, 3.63) is 29.3 Å². The van der Waals surface area contributed by atoms with E-state index in [1.165, 1.54) is 11.1 Å². The zero-order chi connectivity index (χ0) is 23.1. The van der Waals surface area contributed by atoms with Crippen molar-refractivity contribution in [1.29, 1.82) is 0 Å². The quantitative estimate of drug-likeness (QED) is 0.409. The fourth-order valence-corrected chi connectivity index (χ4v) is 3.84. The van der Waals surface area contributed by atoms with Gasteiger partial charge in [-0.05, 0) is 60.0 Å². The van der Waals surface area contributed by atoms with Gasteiger partial charge in [0.1, 0.15) is 11.7 Å². The number of benzene rings is 1. The normalized spacial score (nSPS) is 16.2. The van der Waals surface area contributed by atoms with Crippen molar-refractivity contribution >= 4 is 17.7 Å². The smallest absolute Gasteiger partial charge is 0.306 e. The fourth-order valence-electron chi connectivity index (χ4n) is 3.59. The van der Waals surface area contributed by atoms with Crippen LogP contribution in [-0.4, -0.2) is 40.5 Å². The summed E-state index contributed by atoms with van der Waals surface area (Å²) < 4.78 is 6.02. The average molecular weight is 440 g/mol. The Bertz CT molecular complexity index is 672. The molecule has 1 aromatic rings. The third-order valence-corrected chi connectivity index (χ3v) is 6.07. The second-order valence-corrected chi connectivity index (χ2v) is 10.6. The van der Waals surface area contributed by atoms with Crippen LogP contribution < -0.4 is 10.5 Å². The second-order valence-electron chi connectivity index (χ2n) is 9.78. The van der Waals surface area contributed by atoms with E-state index < -0.39 is 24.0 Å². The van der Waals surface area contributed by atoms with Crippen molar-refractivity contribution in [1.82, 2.24) is 0 Å². The van der Waals surface area contributed by atoms with E-state index in [4.69, 9.17) is 15.6 Å². The fraction of sp³-hybridized carbons (Fsp3) is 0.708. The Balaban J connectivity index is 2.95. The van der Waals surface area contributed by atoms with Gasteiger partial charge in [-0.25, -0.2) is 0 Å². The molecule has 4 N–H and O–H groups in total. The summed E-state index contributed by atoms with van der Waals surface area (Å²) in [6.07, 6.45) is 2.86. The zero-order valence-corrected chi connectivity index (χ0v) is 20.5. The van der Waals surface area contributed by atoms with Gasteiger partial charge in [0.05, 0.1) is 12.0 Å². The summed E-state index contributed by atoms with van der Waals surface area (Å²) in [4.78, 5) is 11.1. The van der Waals surface area contributed by atoms with Gasteiger partial charge in [-0.2, -0.15) is 0 Å². The maximum atomic E-state index is 11.1. The molecule has 0 aliphatic carbocycles. The van der Waals surface area contributed by atoms with Gasteiger partial charge in [0.15, 0.2) is 0 Å². The highest BCUT2D eigenvalue weighted by Gasteiger charge is 2.26. The van der Waals surface area contributed by atoms with E-state index in [-0.39, 0.29) is 17.8 Å². The molecule has 0 fully saturated rings. The molecule has 5 nitrogen and oxygen atoms in total. The first-order valence-corrected chi connectivity index (χ1v) is 12.2. The van der Waals surface area contributed by atoms with Crippen LogP contribution in [0.5, 0.6) is 5.75 Å². The monoisotopic (exact) mass is 439 g/mol.